The summed E-state index contributed by atoms with van der Waals surface area (Å²) in [5.41, 5.74) is 0.898. The summed E-state index contributed by atoms with van der Waals surface area (Å²) in [6, 6.07) is 7.61. The van der Waals surface area contributed by atoms with Crippen molar-refractivity contribution in [2.45, 2.75) is 19.9 Å². The third-order valence-corrected chi connectivity index (χ3v) is 2.99. The van der Waals surface area contributed by atoms with Gasteiger partial charge in [0.2, 0.25) is 0 Å². The molecule has 0 heterocycles. The number of hydrogen-bond donors (Lipinski definition) is 0. The molecule has 0 aliphatic heterocycles. The van der Waals surface area contributed by atoms with Gasteiger partial charge in [-0.3, -0.25) is 4.90 Å². The minimum atomic E-state index is 0.398. The molecule has 0 saturated heterocycles. The van der Waals surface area contributed by atoms with E-state index in [0.717, 1.165) is 18.5 Å². The van der Waals surface area contributed by atoms with Gasteiger partial charge in [0, 0.05) is 22.2 Å². The smallest absolute Gasteiger partial charge is 0.0868 e. The van der Waals surface area contributed by atoms with Crippen molar-refractivity contribution in [1.82, 2.24) is 4.90 Å². The molecule has 0 atom stereocenters. The van der Waals surface area contributed by atoms with Crippen LogP contribution in [0.15, 0.2) is 18.2 Å². The van der Waals surface area contributed by atoms with Crippen molar-refractivity contribution in [3.63, 3.8) is 0 Å². The van der Waals surface area contributed by atoms with E-state index in [-0.39, 0.29) is 0 Å². The van der Waals surface area contributed by atoms with E-state index in [9.17, 15) is 0 Å². The van der Waals surface area contributed by atoms with Gasteiger partial charge in [0.25, 0.3) is 0 Å². The highest BCUT2D eigenvalue weighted by Crippen LogP contribution is 2.25. The largest absolute Gasteiger partial charge is 0.286 e. The SMILES string of the molecule is CCCN(CC#N)Cc1c(Cl)cccc1Cl. The lowest BCUT2D eigenvalue weighted by molar-refractivity contribution is 0.298. The second-order valence-corrected chi connectivity index (χ2v) is 4.38. The molecule has 86 valence electrons. The fourth-order valence-electron chi connectivity index (χ4n) is 1.54. The van der Waals surface area contributed by atoms with Crippen LogP contribution in [0.4, 0.5) is 0 Å². The Balaban J connectivity index is 2.81. The molecule has 0 fully saturated rings. The Morgan fingerprint density at radius 2 is 1.94 bits per heavy atom. The molecule has 0 aromatic heterocycles. The second kappa shape index (κ2) is 6.75. The first-order valence-electron chi connectivity index (χ1n) is 5.21. The van der Waals surface area contributed by atoms with Crippen LogP contribution in [0.3, 0.4) is 0 Å². The van der Waals surface area contributed by atoms with E-state index in [0.29, 0.717) is 23.1 Å². The zero-order chi connectivity index (χ0) is 12.0. The van der Waals surface area contributed by atoms with E-state index in [1.165, 1.54) is 0 Å². The highest BCUT2D eigenvalue weighted by atomic mass is 35.5. The Morgan fingerprint density at radius 1 is 1.31 bits per heavy atom. The van der Waals surface area contributed by atoms with Crippen molar-refractivity contribution in [1.29, 1.82) is 5.26 Å². The van der Waals surface area contributed by atoms with Crippen LogP contribution in [0.2, 0.25) is 10.0 Å². The molecule has 1 aromatic rings. The quantitative estimate of drug-likeness (QED) is 0.751. The first-order chi connectivity index (χ1) is 7.69. The molecule has 0 aliphatic carbocycles. The minimum Gasteiger partial charge on any atom is -0.286 e. The van der Waals surface area contributed by atoms with Crippen molar-refractivity contribution >= 4 is 23.2 Å². The lowest BCUT2D eigenvalue weighted by Crippen LogP contribution is -2.24. The van der Waals surface area contributed by atoms with E-state index >= 15 is 0 Å². The molecular formula is C12H14Cl2N2. The van der Waals surface area contributed by atoms with Gasteiger partial charge in [-0.25, -0.2) is 0 Å². The Kier molecular flexibility index (Phi) is 5.62. The number of nitriles is 1. The third kappa shape index (κ3) is 3.68. The van der Waals surface area contributed by atoms with Gasteiger partial charge >= 0.3 is 0 Å². The van der Waals surface area contributed by atoms with E-state index in [1.54, 1.807) is 0 Å². The topological polar surface area (TPSA) is 27.0 Å². The fourth-order valence-corrected chi connectivity index (χ4v) is 2.05. The average Bonchev–Trinajstić information content (AvgIpc) is 2.24. The van der Waals surface area contributed by atoms with Crippen LogP contribution in [0.5, 0.6) is 0 Å². The normalized spacial score (nSPS) is 10.4. The monoisotopic (exact) mass is 256 g/mol. The highest BCUT2D eigenvalue weighted by Gasteiger charge is 2.10. The average molecular weight is 257 g/mol. The molecule has 16 heavy (non-hydrogen) atoms. The van der Waals surface area contributed by atoms with Crippen molar-refractivity contribution in [3.8, 4) is 6.07 Å². The zero-order valence-electron chi connectivity index (χ0n) is 9.21. The maximum Gasteiger partial charge on any atom is 0.0868 e. The summed E-state index contributed by atoms with van der Waals surface area (Å²) in [6.07, 6.45) is 1.00. The van der Waals surface area contributed by atoms with Crippen LogP contribution in [-0.4, -0.2) is 18.0 Å². The van der Waals surface area contributed by atoms with Gasteiger partial charge < -0.3 is 0 Å². The first kappa shape index (κ1) is 13.3. The molecule has 1 aromatic carbocycles. The summed E-state index contributed by atoms with van der Waals surface area (Å²) in [6.45, 7) is 3.98. The Morgan fingerprint density at radius 3 is 2.44 bits per heavy atom. The summed E-state index contributed by atoms with van der Waals surface area (Å²) in [4.78, 5) is 2.03. The van der Waals surface area contributed by atoms with Crippen LogP contribution in [-0.2, 0) is 6.54 Å². The number of benzene rings is 1. The summed E-state index contributed by atoms with van der Waals surface area (Å²) in [5.74, 6) is 0. The number of halogens is 2. The minimum absolute atomic E-state index is 0.398. The van der Waals surface area contributed by atoms with E-state index in [1.807, 2.05) is 23.1 Å². The number of hydrogen-bond acceptors (Lipinski definition) is 2. The van der Waals surface area contributed by atoms with Gasteiger partial charge in [0.05, 0.1) is 12.6 Å². The van der Waals surface area contributed by atoms with Crippen LogP contribution >= 0.6 is 23.2 Å². The molecular weight excluding hydrogens is 243 g/mol. The van der Waals surface area contributed by atoms with E-state index in [4.69, 9.17) is 28.5 Å². The third-order valence-electron chi connectivity index (χ3n) is 2.28. The van der Waals surface area contributed by atoms with Gasteiger partial charge in [0.1, 0.15) is 0 Å². The van der Waals surface area contributed by atoms with Gasteiger partial charge in [-0.2, -0.15) is 5.26 Å². The van der Waals surface area contributed by atoms with Crippen molar-refractivity contribution in [2.24, 2.45) is 0 Å². The van der Waals surface area contributed by atoms with Crippen molar-refractivity contribution in [3.05, 3.63) is 33.8 Å². The molecule has 0 aliphatic rings. The summed E-state index contributed by atoms with van der Waals surface area (Å²) < 4.78 is 0. The molecule has 0 N–H and O–H groups in total. The summed E-state index contributed by atoms with van der Waals surface area (Å²) in [7, 11) is 0. The maximum absolute atomic E-state index is 8.72. The zero-order valence-corrected chi connectivity index (χ0v) is 10.7. The second-order valence-electron chi connectivity index (χ2n) is 3.57. The molecule has 0 saturated carbocycles. The lowest BCUT2D eigenvalue weighted by atomic mass is 10.2. The summed E-state index contributed by atoms with van der Waals surface area (Å²) in [5, 5.41) is 10.0. The Labute approximate surface area is 106 Å². The van der Waals surface area contributed by atoms with Gasteiger partial charge in [-0.15, -0.1) is 0 Å². The molecule has 0 unspecified atom stereocenters. The molecule has 1 rings (SSSR count). The standard InChI is InChI=1S/C12H14Cl2N2/c1-2-7-16(8-6-15)9-10-11(13)4-3-5-12(10)14/h3-5H,2,7-9H2,1H3. The molecule has 2 nitrogen and oxygen atoms in total. The predicted molar refractivity (Wildman–Crippen MR) is 67.6 cm³/mol. The highest BCUT2D eigenvalue weighted by molar-refractivity contribution is 6.35. The predicted octanol–water partition coefficient (Wildman–Crippen LogP) is 3.73. The van der Waals surface area contributed by atoms with E-state index < -0.39 is 0 Å². The van der Waals surface area contributed by atoms with Crippen molar-refractivity contribution in [2.75, 3.05) is 13.1 Å². The molecule has 4 heteroatoms. The molecule has 0 bridgehead atoms. The lowest BCUT2D eigenvalue weighted by Gasteiger charge is -2.19. The van der Waals surface area contributed by atoms with Crippen LogP contribution in [0.25, 0.3) is 0 Å². The number of nitrogens with zero attached hydrogens (tertiary/aromatic N) is 2. The van der Waals surface area contributed by atoms with Crippen LogP contribution in [0, 0.1) is 11.3 Å². The van der Waals surface area contributed by atoms with Gasteiger partial charge in [0.15, 0.2) is 0 Å². The molecule has 0 spiro atoms. The van der Waals surface area contributed by atoms with Crippen molar-refractivity contribution < 1.29 is 0 Å². The Bertz CT molecular complexity index is 365. The Hall–Kier alpha value is -0.750. The van der Waals surface area contributed by atoms with E-state index in [2.05, 4.69) is 13.0 Å². The van der Waals surface area contributed by atoms with Gasteiger partial charge in [-0.1, -0.05) is 36.2 Å². The molecule has 0 amide bonds. The molecule has 0 radical (unpaired) electrons. The number of rotatable bonds is 5. The van der Waals surface area contributed by atoms with Crippen LogP contribution in [0.1, 0.15) is 18.9 Å². The summed E-state index contributed by atoms with van der Waals surface area (Å²) >= 11 is 12.2. The van der Waals surface area contributed by atoms with Crippen LogP contribution < -0.4 is 0 Å². The fraction of sp³-hybridized carbons (Fsp3) is 0.417. The first-order valence-corrected chi connectivity index (χ1v) is 5.96. The maximum atomic E-state index is 8.72. The van der Waals surface area contributed by atoms with Gasteiger partial charge in [-0.05, 0) is 25.1 Å².